The molecule has 9 heteroatoms. The van der Waals surface area contributed by atoms with E-state index in [9.17, 15) is 4.79 Å². The molecule has 4 rings (SSSR count). The van der Waals surface area contributed by atoms with Gasteiger partial charge in [-0.3, -0.25) is 9.36 Å². The van der Waals surface area contributed by atoms with Crippen molar-refractivity contribution in [2.45, 2.75) is 25.0 Å². The number of methoxy groups -OCH3 is 1. The second kappa shape index (κ2) is 11.4. The van der Waals surface area contributed by atoms with Crippen molar-refractivity contribution in [1.29, 1.82) is 0 Å². The third-order valence-electron chi connectivity index (χ3n) is 5.72. The molecule has 0 bridgehead atoms. The Balaban J connectivity index is 1.48. The minimum atomic E-state index is -0.0880. The molecule has 180 valence electrons. The predicted octanol–water partition coefficient (Wildman–Crippen LogP) is 3.72. The summed E-state index contributed by atoms with van der Waals surface area (Å²) in [5, 5.41) is 12.8. The monoisotopic (exact) mass is 481 g/mol. The molecule has 1 N–H and O–H groups in total. The van der Waals surface area contributed by atoms with Crippen LogP contribution in [0, 0.1) is 5.92 Å². The molecule has 8 nitrogen and oxygen atoms in total. The zero-order valence-electron chi connectivity index (χ0n) is 19.8. The highest BCUT2D eigenvalue weighted by atomic mass is 32.2. The van der Waals surface area contributed by atoms with Crippen LogP contribution in [0.3, 0.4) is 0 Å². The number of ether oxygens (including phenoxy) is 2. The van der Waals surface area contributed by atoms with Gasteiger partial charge in [0.05, 0.1) is 37.8 Å². The van der Waals surface area contributed by atoms with E-state index in [1.807, 2.05) is 59.2 Å². The van der Waals surface area contributed by atoms with Crippen LogP contribution in [-0.2, 0) is 9.53 Å². The summed E-state index contributed by atoms with van der Waals surface area (Å²) in [6.07, 6.45) is 0. The number of morpholine rings is 1. The van der Waals surface area contributed by atoms with Gasteiger partial charge in [0, 0.05) is 13.1 Å². The van der Waals surface area contributed by atoms with Crippen molar-refractivity contribution in [1.82, 2.24) is 20.1 Å². The number of hydrogen-bond acceptors (Lipinski definition) is 7. The second-order valence-electron chi connectivity index (χ2n) is 8.40. The number of nitrogens with zero attached hydrogens (tertiary/aromatic N) is 4. The largest absolute Gasteiger partial charge is 0.497 e. The molecule has 0 saturated carbocycles. The highest BCUT2D eigenvalue weighted by molar-refractivity contribution is 7.99. The molecule has 1 aliphatic heterocycles. The molecule has 3 aromatic rings. The van der Waals surface area contributed by atoms with Crippen LogP contribution in [-0.4, -0.2) is 59.8 Å². The van der Waals surface area contributed by atoms with Crippen LogP contribution >= 0.6 is 11.8 Å². The van der Waals surface area contributed by atoms with E-state index in [-0.39, 0.29) is 23.6 Å². The minimum absolute atomic E-state index is 0.0462. The van der Waals surface area contributed by atoms with E-state index in [1.54, 1.807) is 7.11 Å². The lowest BCUT2D eigenvalue weighted by atomic mass is 9.96. The zero-order chi connectivity index (χ0) is 23.9. The molecule has 0 aliphatic carbocycles. The van der Waals surface area contributed by atoms with Crippen molar-refractivity contribution in [2.75, 3.05) is 44.1 Å². The summed E-state index contributed by atoms with van der Waals surface area (Å²) in [6.45, 7) is 7.04. The molecule has 2 aromatic carbocycles. The quantitative estimate of drug-likeness (QED) is 0.467. The lowest BCUT2D eigenvalue weighted by molar-refractivity contribution is -0.119. The maximum absolute atomic E-state index is 12.9. The fourth-order valence-corrected chi connectivity index (χ4v) is 4.68. The Hall–Kier alpha value is -3.04. The lowest BCUT2D eigenvalue weighted by Crippen LogP contribution is -2.37. The van der Waals surface area contributed by atoms with Gasteiger partial charge < -0.3 is 19.7 Å². The fraction of sp³-hybridized carbons (Fsp3) is 0.400. The van der Waals surface area contributed by atoms with E-state index in [4.69, 9.17) is 9.47 Å². The second-order valence-corrected chi connectivity index (χ2v) is 9.35. The number of thioether (sulfide) groups is 1. The van der Waals surface area contributed by atoms with Crippen LogP contribution in [0.4, 0.5) is 5.95 Å². The Bertz CT molecular complexity index is 1070. The van der Waals surface area contributed by atoms with Crippen LogP contribution in [0.15, 0.2) is 59.8 Å². The Morgan fingerprint density at radius 3 is 2.44 bits per heavy atom. The summed E-state index contributed by atoms with van der Waals surface area (Å²) < 4.78 is 12.8. The average Bonchev–Trinajstić information content (AvgIpc) is 3.31. The number of nitrogens with one attached hydrogen (secondary N) is 1. The Morgan fingerprint density at radius 2 is 1.79 bits per heavy atom. The Kier molecular flexibility index (Phi) is 8.08. The number of carbonyl (C=O) groups is 1. The molecule has 1 saturated heterocycles. The number of rotatable bonds is 9. The first-order chi connectivity index (χ1) is 16.6. The molecule has 1 unspecified atom stereocenters. The number of para-hydroxylation sites is 1. The summed E-state index contributed by atoms with van der Waals surface area (Å²) in [7, 11) is 1.65. The van der Waals surface area contributed by atoms with Gasteiger partial charge in [-0.05, 0) is 35.7 Å². The predicted molar refractivity (Wildman–Crippen MR) is 134 cm³/mol. The van der Waals surface area contributed by atoms with Gasteiger partial charge in [0.15, 0.2) is 5.16 Å². The molecule has 0 spiro atoms. The van der Waals surface area contributed by atoms with Gasteiger partial charge in [-0.1, -0.05) is 55.9 Å². The summed E-state index contributed by atoms with van der Waals surface area (Å²) in [5.41, 5.74) is 2.02. The van der Waals surface area contributed by atoms with E-state index in [1.165, 1.54) is 11.8 Å². The van der Waals surface area contributed by atoms with Gasteiger partial charge in [-0.25, -0.2) is 0 Å². The van der Waals surface area contributed by atoms with Crippen molar-refractivity contribution in [3.05, 3.63) is 60.2 Å². The normalized spacial score (nSPS) is 14.8. The number of amides is 1. The minimum Gasteiger partial charge on any atom is -0.497 e. The van der Waals surface area contributed by atoms with Gasteiger partial charge in [0.2, 0.25) is 11.9 Å². The smallest absolute Gasteiger partial charge is 0.232 e. The average molecular weight is 482 g/mol. The molecule has 34 heavy (non-hydrogen) atoms. The Labute approximate surface area is 204 Å². The number of benzene rings is 2. The first kappa shape index (κ1) is 24.1. The molecule has 1 aliphatic rings. The molecule has 1 fully saturated rings. The van der Waals surface area contributed by atoms with Gasteiger partial charge in [-0.2, -0.15) is 0 Å². The topological polar surface area (TPSA) is 81.5 Å². The molecule has 1 aromatic heterocycles. The van der Waals surface area contributed by atoms with Gasteiger partial charge in [-0.15, -0.1) is 10.2 Å². The summed E-state index contributed by atoms with van der Waals surface area (Å²) >= 11 is 1.39. The molecule has 0 radical (unpaired) electrons. The van der Waals surface area contributed by atoms with Crippen molar-refractivity contribution in [3.8, 4) is 11.4 Å². The molecule has 1 atom stereocenters. The number of anilines is 1. The highest BCUT2D eigenvalue weighted by Gasteiger charge is 2.23. The van der Waals surface area contributed by atoms with Crippen molar-refractivity contribution in [2.24, 2.45) is 5.92 Å². The third-order valence-corrected chi connectivity index (χ3v) is 6.64. The van der Waals surface area contributed by atoms with Crippen molar-refractivity contribution >= 4 is 23.6 Å². The van der Waals surface area contributed by atoms with Gasteiger partial charge in [0.25, 0.3) is 0 Å². The third kappa shape index (κ3) is 5.71. The van der Waals surface area contributed by atoms with Crippen molar-refractivity contribution < 1.29 is 14.3 Å². The zero-order valence-corrected chi connectivity index (χ0v) is 20.6. The van der Waals surface area contributed by atoms with E-state index in [2.05, 4.69) is 34.3 Å². The van der Waals surface area contributed by atoms with Crippen LogP contribution in [0.1, 0.15) is 25.5 Å². The van der Waals surface area contributed by atoms with Crippen LogP contribution < -0.4 is 15.0 Å². The lowest BCUT2D eigenvalue weighted by Gasteiger charge is -2.28. The van der Waals surface area contributed by atoms with Gasteiger partial charge in [0.1, 0.15) is 5.75 Å². The maximum Gasteiger partial charge on any atom is 0.232 e. The SMILES string of the molecule is COc1ccc(C(NC(=O)CSc2nnc(N3CCOCC3)n2-c2ccccc2)C(C)C)cc1. The summed E-state index contributed by atoms with van der Waals surface area (Å²) in [4.78, 5) is 15.1. The van der Waals surface area contributed by atoms with Crippen LogP contribution in [0.25, 0.3) is 5.69 Å². The Morgan fingerprint density at radius 1 is 1.09 bits per heavy atom. The summed E-state index contributed by atoms with van der Waals surface area (Å²) in [6, 6.07) is 17.7. The van der Waals surface area contributed by atoms with E-state index >= 15 is 0 Å². The van der Waals surface area contributed by atoms with E-state index < -0.39 is 0 Å². The van der Waals surface area contributed by atoms with Crippen LogP contribution in [0.2, 0.25) is 0 Å². The van der Waals surface area contributed by atoms with Gasteiger partial charge >= 0.3 is 0 Å². The summed E-state index contributed by atoms with van der Waals surface area (Å²) in [5.74, 6) is 2.01. The number of aromatic nitrogens is 3. The standard InChI is InChI=1S/C25H31N5O3S/c1-18(2)23(19-9-11-21(32-3)12-10-19)26-22(31)17-34-25-28-27-24(29-13-15-33-16-14-29)30(25)20-7-5-4-6-8-20/h4-12,18,23H,13-17H2,1-3H3,(H,26,31). The van der Waals surface area contributed by atoms with E-state index in [0.29, 0.717) is 18.4 Å². The first-order valence-electron chi connectivity index (χ1n) is 11.5. The highest BCUT2D eigenvalue weighted by Crippen LogP contribution is 2.28. The number of carbonyl (C=O) groups excluding carboxylic acids is 1. The first-order valence-corrected chi connectivity index (χ1v) is 12.4. The molecule has 1 amide bonds. The number of hydrogen-bond donors (Lipinski definition) is 1. The van der Waals surface area contributed by atoms with Crippen LogP contribution in [0.5, 0.6) is 5.75 Å². The van der Waals surface area contributed by atoms with Crippen molar-refractivity contribution in [3.63, 3.8) is 0 Å². The maximum atomic E-state index is 12.9. The molecular formula is C25H31N5O3S. The fourth-order valence-electron chi connectivity index (χ4n) is 3.92. The molecular weight excluding hydrogens is 450 g/mol. The van der Waals surface area contributed by atoms with E-state index in [0.717, 1.165) is 36.0 Å². The molecule has 2 heterocycles.